The first-order valence-electron chi connectivity index (χ1n) is 6.28. The number of nitrogens with zero attached hydrogens (tertiary/aromatic N) is 1. The molecule has 0 radical (unpaired) electrons. The van der Waals surface area contributed by atoms with E-state index in [2.05, 4.69) is 10.3 Å². The fourth-order valence-corrected chi connectivity index (χ4v) is 1.86. The second kappa shape index (κ2) is 6.68. The average molecular weight is 272 g/mol. The molecule has 3 N–H and O–H groups in total. The summed E-state index contributed by atoms with van der Waals surface area (Å²) in [6.45, 7) is 0.447. The molecule has 5 nitrogen and oxygen atoms in total. The lowest BCUT2D eigenvalue weighted by molar-refractivity contribution is -0.139. The van der Waals surface area contributed by atoms with Crippen LogP contribution in [-0.2, 0) is 17.8 Å². The summed E-state index contributed by atoms with van der Waals surface area (Å²) >= 11 is 0. The summed E-state index contributed by atoms with van der Waals surface area (Å²) < 4.78 is 0. The summed E-state index contributed by atoms with van der Waals surface area (Å²) in [4.78, 5) is 15.3. The van der Waals surface area contributed by atoms with Crippen molar-refractivity contribution in [1.29, 1.82) is 0 Å². The van der Waals surface area contributed by atoms with Crippen LogP contribution in [0.4, 0.5) is 0 Å². The molecule has 0 amide bonds. The van der Waals surface area contributed by atoms with Gasteiger partial charge < -0.3 is 10.2 Å². The molecule has 0 bridgehead atoms. The van der Waals surface area contributed by atoms with Gasteiger partial charge in [-0.15, -0.1) is 0 Å². The highest BCUT2D eigenvalue weighted by atomic mass is 16.4. The third-order valence-electron chi connectivity index (χ3n) is 2.95. The van der Waals surface area contributed by atoms with Crippen LogP contribution in [0.15, 0.2) is 48.8 Å². The normalized spacial score (nSPS) is 12.0. The van der Waals surface area contributed by atoms with Crippen molar-refractivity contribution < 1.29 is 15.0 Å². The van der Waals surface area contributed by atoms with Gasteiger partial charge in [0, 0.05) is 18.9 Å². The maximum atomic E-state index is 11.3. The predicted octanol–water partition coefficient (Wildman–Crippen LogP) is 1.57. The molecule has 1 atom stereocenters. The summed E-state index contributed by atoms with van der Waals surface area (Å²) in [5, 5.41) is 21.4. The second-order valence-electron chi connectivity index (χ2n) is 4.50. The molecular formula is C15H16N2O3. The van der Waals surface area contributed by atoms with E-state index >= 15 is 0 Å². The van der Waals surface area contributed by atoms with Gasteiger partial charge in [0.1, 0.15) is 11.8 Å². The van der Waals surface area contributed by atoms with Crippen LogP contribution >= 0.6 is 0 Å². The number of phenols is 1. The summed E-state index contributed by atoms with van der Waals surface area (Å²) in [5.74, 6) is -0.731. The molecule has 2 aromatic rings. The molecule has 1 aromatic carbocycles. The predicted molar refractivity (Wildman–Crippen MR) is 74.3 cm³/mol. The minimum Gasteiger partial charge on any atom is -0.508 e. The minimum absolute atomic E-state index is 0.170. The lowest BCUT2D eigenvalue weighted by atomic mass is 10.1. The van der Waals surface area contributed by atoms with Crippen molar-refractivity contribution in [2.75, 3.05) is 0 Å². The largest absolute Gasteiger partial charge is 0.508 e. The maximum absolute atomic E-state index is 11.3. The number of hydrogen-bond donors (Lipinski definition) is 3. The van der Waals surface area contributed by atoms with E-state index < -0.39 is 12.0 Å². The van der Waals surface area contributed by atoms with E-state index in [9.17, 15) is 15.0 Å². The number of phenolic OH excluding ortho intramolecular Hbond substituents is 1. The third-order valence-corrected chi connectivity index (χ3v) is 2.95. The quantitative estimate of drug-likeness (QED) is 0.743. The molecule has 0 aliphatic rings. The van der Waals surface area contributed by atoms with Crippen molar-refractivity contribution in [1.82, 2.24) is 10.3 Å². The molecule has 0 fully saturated rings. The van der Waals surface area contributed by atoms with Crippen molar-refractivity contribution in [3.63, 3.8) is 0 Å². The molecule has 0 unspecified atom stereocenters. The Morgan fingerprint density at radius 3 is 2.55 bits per heavy atom. The Kier molecular flexibility index (Phi) is 4.68. The zero-order valence-corrected chi connectivity index (χ0v) is 10.9. The fourth-order valence-electron chi connectivity index (χ4n) is 1.86. The number of pyridine rings is 1. The highest BCUT2D eigenvalue weighted by Crippen LogP contribution is 2.11. The van der Waals surface area contributed by atoms with Gasteiger partial charge in [-0.3, -0.25) is 15.1 Å². The molecule has 20 heavy (non-hydrogen) atoms. The highest BCUT2D eigenvalue weighted by molar-refractivity contribution is 5.73. The minimum atomic E-state index is -0.901. The lowest BCUT2D eigenvalue weighted by Gasteiger charge is -2.14. The van der Waals surface area contributed by atoms with Crippen LogP contribution in [0, 0.1) is 0 Å². The van der Waals surface area contributed by atoms with E-state index in [4.69, 9.17) is 0 Å². The number of benzene rings is 1. The number of rotatable bonds is 6. The van der Waals surface area contributed by atoms with E-state index in [0.717, 1.165) is 11.1 Å². The highest BCUT2D eigenvalue weighted by Gasteiger charge is 2.17. The van der Waals surface area contributed by atoms with Gasteiger partial charge in [0.2, 0.25) is 0 Å². The molecule has 104 valence electrons. The Bertz CT molecular complexity index is 555. The molecule has 1 heterocycles. The first-order chi connectivity index (χ1) is 9.65. The Balaban J connectivity index is 1.97. The molecule has 5 heteroatoms. The van der Waals surface area contributed by atoms with Gasteiger partial charge in [0.05, 0.1) is 0 Å². The van der Waals surface area contributed by atoms with Crippen molar-refractivity contribution in [3.8, 4) is 5.75 Å². The van der Waals surface area contributed by atoms with Crippen LogP contribution in [0.5, 0.6) is 5.75 Å². The fraction of sp³-hybridized carbons (Fsp3) is 0.200. The average Bonchev–Trinajstić information content (AvgIpc) is 2.46. The SMILES string of the molecule is O=C(O)[C@H](Cc1ccc(O)cc1)NCc1cccnc1. The van der Waals surface area contributed by atoms with Crippen molar-refractivity contribution >= 4 is 5.97 Å². The number of carbonyl (C=O) groups is 1. The standard InChI is InChI=1S/C15H16N2O3/c18-13-5-3-11(4-6-13)8-14(15(19)20)17-10-12-2-1-7-16-9-12/h1-7,9,14,17-18H,8,10H2,(H,19,20)/t14-/m0/s1. The third kappa shape index (κ3) is 4.07. The molecule has 0 aliphatic heterocycles. The van der Waals surface area contributed by atoms with Crippen molar-refractivity contribution in [2.45, 2.75) is 19.0 Å². The van der Waals surface area contributed by atoms with Gasteiger partial charge in [0.25, 0.3) is 0 Å². The van der Waals surface area contributed by atoms with E-state index in [-0.39, 0.29) is 5.75 Å². The molecule has 1 aromatic heterocycles. The zero-order chi connectivity index (χ0) is 14.4. The van der Waals surface area contributed by atoms with E-state index in [1.54, 1.807) is 36.7 Å². The van der Waals surface area contributed by atoms with Gasteiger partial charge in [-0.1, -0.05) is 18.2 Å². The Morgan fingerprint density at radius 1 is 1.20 bits per heavy atom. The van der Waals surface area contributed by atoms with Crippen LogP contribution in [0.25, 0.3) is 0 Å². The van der Waals surface area contributed by atoms with Crippen LogP contribution in [0.2, 0.25) is 0 Å². The van der Waals surface area contributed by atoms with Gasteiger partial charge in [0.15, 0.2) is 0 Å². The second-order valence-corrected chi connectivity index (χ2v) is 4.50. The number of hydrogen-bond acceptors (Lipinski definition) is 4. The van der Waals surface area contributed by atoms with Gasteiger partial charge >= 0.3 is 5.97 Å². The smallest absolute Gasteiger partial charge is 0.321 e. The number of aromatic hydroxyl groups is 1. The summed E-state index contributed by atoms with van der Waals surface area (Å²) in [7, 11) is 0. The van der Waals surface area contributed by atoms with Crippen LogP contribution in [0.3, 0.4) is 0 Å². The van der Waals surface area contributed by atoms with Gasteiger partial charge in [-0.25, -0.2) is 0 Å². The molecule has 0 saturated heterocycles. The number of carboxylic acids is 1. The summed E-state index contributed by atoms with van der Waals surface area (Å²) in [6, 6.07) is 9.56. The topological polar surface area (TPSA) is 82.5 Å². The van der Waals surface area contributed by atoms with E-state index in [1.807, 2.05) is 12.1 Å². The van der Waals surface area contributed by atoms with Crippen molar-refractivity contribution in [3.05, 3.63) is 59.9 Å². The zero-order valence-electron chi connectivity index (χ0n) is 10.9. The van der Waals surface area contributed by atoms with Crippen LogP contribution in [-0.4, -0.2) is 27.2 Å². The van der Waals surface area contributed by atoms with Gasteiger partial charge in [-0.05, 0) is 35.7 Å². The molecule has 0 saturated carbocycles. The van der Waals surface area contributed by atoms with Crippen LogP contribution in [0.1, 0.15) is 11.1 Å². The Morgan fingerprint density at radius 2 is 1.95 bits per heavy atom. The van der Waals surface area contributed by atoms with Crippen molar-refractivity contribution in [2.24, 2.45) is 0 Å². The van der Waals surface area contributed by atoms with Crippen LogP contribution < -0.4 is 5.32 Å². The van der Waals surface area contributed by atoms with E-state index in [1.165, 1.54) is 0 Å². The number of nitrogens with one attached hydrogen (secondary N) is 1. The number of carboxylic acid groups (broad SMARTS) is 1. The number of aliphatic carboxylic acids is 1. The monoisotopic (exact) mass is 272 g/mol. The Hall–Kier alpha value is -2.40. The van der Waals surface area contributed by atoms with Gasteiger partial charge in [-0.2, -0.15) is 0 Å². The maximum Gasteiger partial charge on any atom is 0.321 e. The first-order valence-corrected chi connectivity index (χ1v) is 6.28. The molecule has 2 rings (SSSR count). The first kappa shape index (κ1) is 14.0. The van der Waals surface area contributed by atoms with E-state index in [0.29, 0.717) is 13.0 Å². The summed E-state index contributed by atoms with van der Waals surface area (Å²) in [6.07, 6.45) is 3.73. The molecule has 0 spiro atoms. The Labute approximate surface area is 116 Å². The number of aromatic nitrogens is 1. The lowest BCUT2D eigenvalue weighted by Crippen LogP contribution is -2.38. The molecule has 0 aliphatic carbocycles. The molecular weight excluding hydrogens is 256 g/mol. The summed E-state index contributed by atoms with van der Waals surface area (Å²) in [5.41, 5.74) is 1.79.